The highest BCUT2D eigenvalue weighted by Gasteiger charge is 2.13. The number of ether oxygens (including phenoxy) is 1. The summed E-state index contributed by atoms with van der Waals surface area (Å²) in [5, 5.41) is 7.61. The van der Waals surface area contributed by atoms with Crippen LogP contribution >= 0.6 is 0 Å². The zero-order chi connectivity index (χ0) is 13.9. The second kappa shape index (κ2) is 10.2. The van der Waals surface area contributed by atoms with Crippen molar-refractivity contribution in [2.75, 3.05) is 13.2 Å². The van der Waals surface area contributed by atoms with Gasteiger partial charge in [0.05, 0.1) is 11.9 Å². The third-order valence-corrected chi connectivity index (χ3v) is 3.15. The quantitative estimate of drug-likeness (QED) is 0.319. The topological polar surface area (TPSA) is 101 Å². The number of aliphatic hydroxyl groups excluding tert-OH is 1. The number of hydrogen-bond acceptors (Lipinski definition) is 5. The molecule has 1 atom stereocenters. The maximum atomic E-state index is 10.3. The lowest BCUT2D eigenvalue weighted by Crippen LogP contribution is -2.14. The van der Waals surface area contributed by atoms with E-state index in [-0.39, 0.29) is 13.2 Å². The van der Waals surface area contributed by atoms with Gasteiger partial charge in [-0.2, -0.15) is 8.42 Å². The Morgan fingerprint density at radius 1 is 1.53 bits per heavy atom. The van der Waals surface area contributed by atoms with E-state index in [2.05, 4.69) is 11.3 Å². The normalized spacial score (nSPS) is 12.0. The van der Waals surface area contributed by atoms with Crippen LogP contribution in [0.4, 0.5) is 0 Å². The number of carbonyl (C=O) groups excluding carboxylic acids is 1. The summed E-state index contributed by atoms with van der Waals surface area (Å²) in [6.07, 6.45) is 2.04. The molecule has 0 amide bonds. The molecular weight excluding hydrogens is 248 g/mol. The molecule has 102 valence electrons. The van der Waals surface area contributed by atoms with Crippen molar-refractivity contribution < 1.29 is 27.6 Å². The van der Waals surface area contributed by atoms with Crippen molar-refractivity contribution in [2.45, 2.75) is 31.9 Å². The van der Waals surface area contributed by atoms with Crippen LogP contribution in [0.5, 0.6) is 0 Å². The molecule has 0 aromatic carbocycles. The lowest BCUT2D eigenvalue weighted by atomic mass is 10.4. The van der Waals surface area contributed by atoms with Crippen molar-refractivity contribution in [1.29, 1.82) is 0 Å². The van der Waals surface area contributed by atoms with Gasteiger partial charge < -0.3 is 9.84 Å². The van der Waals surface area contributed by atoms with Crippen LogP contribution in [0.1, 0.15) is 26.7 Å². The Bertz CT molecular complexity index is 309. The van der Waals surface area contributed by atoms with Crippen LogP contribution in [0, 0.1) is 0 Å². The maximum absolute atomic E-state index is 10.3. The van der Waals surface area contributed by atoms with Crippen molar-refractivity contribution in [3.05, 3.63) is 12.7 Å². The minimum absolute atomic E-state index is 0.0461. The van der Waals surface area contributed by atoms with E-state index in [1.165, 1.54) is 6.92 Å². The first-order valence-electron chi connectivity index (χ1n) is 5.15. The maximum Gasteiger partial charge on any atom is 0.330 e. The third kappa shape index (κ3) is 13.0. The van der Waals surface area contributed by atoms with Crippen LogP contribution in [0.3, 0.4) is 0 Å². The van der Waals surface area contributed by atoms with E-state index in [0.29, 0.717) is 12.8 Å². The molecule has 2 N–H and O–H groups in total. The third-order valence-electron chi connectivity index (χ3n) is 1.80. The molecular formula is C10H20O6S. The molecule has 17 heavy (non-hydrogen) atoms. The summed E-state index contributed by atoms with van der Waals surface area (Å²) in [6.45, 7) is 6.69. The predicted molar refractivity (Wildman–Crippen MR) is 64.2 cm³/mol. The molecule has 0 aromatic heterocycles. The summed E-state index contributed by atoms with van der Waals surface area (Å²) in [5.74, 6) is -0.441. The van der Waals surface area contributed by atoms with Crippen LogP contribution < -0.4 is 0 Å². The second-order valence-electron chi connectivity index (χ2n) is 3.18. The monoisotopic (exact) mass is 268 g/mol. The molecule has 0 aromatic rings. The van der Waals surface area contributed by atoms with Crippen LogP contribution in [0.25, 0.3) is 0 Å². The molecule has 6 nitrogen and oxygen atoms in total. The Labute approximate surface area is 102 Å². The van der Waals surface area contributed by atoms with E-state index in [0.717, 1.165) is 6.08 Å². The SMILES string of the molecule is C=CC(=O)OCCCO.CCC(C)S(=O)(=O)O. The van der Waals surface area contributed by atoms with Gasteiger partial charge in [0.25, 0.3) is 10.1 Å². The molecule has 0 rings (SSSR count). The number of esters is 1. The highest BCUT2D eigenvalue weighted by atomic mass is 32.2. The summed E-state index contributed by atoms with van der Waals surface area (Å²) >= 11 is 0. The number of aliphatic hydroxyl groups is 1. The highest BCUT2D eigenvalue weighted by Crippen LogP contribution is 1.99. The molecule has 0 saturated carbocycles. The van der Waals surface area contributed by atoms with Crippen LogP contribution in [-0.4, -0.2) is 42.5 Å². The van der Waals surface area contributed by atoms with Crippen molar-refractivity contribution in [2.24, 2.45) is 0 Å². The number of hydrogen-bond donors (Lipinski definition) is 2. The Hall–Kier alpha value is -0.920. The molecule has 0 aliphatic rings. The average molecular weight is 268 g/mol. The summed E-state index contributed by atoms with van der Waals surface area (Å²) < 4.78 is 33.0. The smallest absolute Gasteiger partial charge is 0.330 e. The van der Waals surface area contributed by atoms with Crippen molar-refractivity contribution >= 4 is 16.1 Å². The van der Waals surface area contributed by atoms with Gasteiger partial charge in [-0.3, -0.25) is 4.55 Å². The summed E-state index contributed by atoms with van der Waals surface area (Å²) in [6, 6.07) is 0. The van der Waals surface area contributed by atoms with E-state index >= 15 is 0 Å². The molecule has 0 aliphatic carbocycles. The van der Waals surface area contributed by atoms with Gasteiger partial charge in [-0.25, -0.2) is 4.79 Å². The Morgan fingerprint density at radius 2 is 2.06 bits per heavy atom. The van der Waals surface area contributed by atoms with Gasteiger partial charge in [-0.1, -0.05) is 13.5 Å². The fraction of sp³-hybridized carbons (Fsp3) is 0.700. The highest BCUT2D eigenvalue weighted by molar-refractivity contribution is 7.86. The minimum Gasteiger partial charge on any atom is -0.462 e. The first-order chi connectivity index (χ1) is 7.79. The van der Waals surface area contributed by atoms with Gasteiger partial charge in [0, 0.05) is 19.1 Å². The van der Waals surface area contributed by atoms with Crippen LogP contribution in [0.2, 0.25) is 0 Å². The van der Waals surface area contributed by atoms with Gasteiger partial charge in [-0.05, 0) is 13.3 Å². The molecule has 7 heteroatoms. The van der Waals surface area contributed by atoms with Crippen LogP contribution in [-0.2, 0) is 19.6 Å². The summed E-state index contributed by atoms with van der Waals surface area (Å²) in [5.41, 5.74) is 0. The zero-order valence-corrected chi connectivity index (χ0v) is 10.9. The van der Waals surface area contributed by atoms with E-state index in [9.17, 15) is 13.2 Å². The predicted octanol–water partition coefficient (Wildman–Crippen LogP) is 0.771. The van der Waals surface area contributed by atoms with Gasteiger partial charge in [0.15, 0.2) is 0 Å². The Kier molecular flexibility index (Phi) is 11.1. The molecule has 0 spiro atoms. The van der Waals surface area contributed by atoms with Gasteiger partial charge >= 0.3 is 5.97 Å². The fourth-order valence-corrected chi connectivity index (χ4v) is 0.928. The standard InChI is InChI=1S/C6H10O3.C4H10O3S/c1-2-6(8)9-5-3-4-7;1-3-4(2)8(5,6)7/h2,7H,1,3-5H2;4H,3H2,1-2H3,(H,5,6,7). The number of rotatable bonds is 6. The van der Waals surface area contributed by atoms with Crippen molar-refractivity contribution in [1.82, 2.24) is 0 Å². The fourth-order valence-electron chi connectivity index (χ4n) is 0.507. The van der Waals surface area contributed by atoms with E-state index in [1.807, 2.05) is 0 Å². The van der Waals surface area contributed by atoms with Crippen molar-refractivity contribution in [3.8, 4) is 0 Å². The van der Waals surface area contributed by atoms with Crippen molar-refractivity contribution in [3.63, 3.8) is 0 Å². The molecule has 0 radical (unpaired) electrons. The summed E-state index contributed by atoms with van der Waals surface area (Å²) in [4.78, 5) is 10.3. The average Bonchev–Trinajstić information content (AvgIpc) is 2.27. The van der Waals surface area contributed by atoms with E-state index in [4.69, 9.17) is 9.66 Å². The largest absolute Gasteiger partial charge is 0.462 e. The molecule has 0 heterocycles. The molecule has 0 saturated heterocycles. The summed E-state index contributed by atoms with van der Waals surface area (Å²) in [7, 11) is -3.75. The van der Waals surface area contributed by atoms with Crippen LogP contribution in [0.15, 0.2) is 12.7 Å². The lowest BCUT2D eigenvalue weighted by molar-refractivity contribution is -0.137. The molecule has 1 unspecified atom stereocenters. The van der Waals surface area contributed by atoms with Gasteiger partial charge in [0.2, 0.25) is 0 Å². The first kappa shape index (κ1) is 18.4. The zero-order valence-electron chi connectivity index (χ0n) is 10.1. The van der Waals surface area contributed by atoms with Gasteiger partial charge in [-0.15, -0.1) is 0 Å². The second-order valence-corrected chi connectivity index (χ2v) is 5.02. The molecule has 0 bridgehead atoms. The Balaban J connectivity index is 0. The van der Waals surface area contributed by atoms with E-state index < -0.39 is 21.3 Å². The van der Waals surface area contributed by atoms with E-state index in [1.54, 1.807) is 6.92 Å². The molecule has 0 aliphatic heterocycles. The molecule has 0 fully saturated rings. The van der Waals surface area contributed by atoms with Gasteiger partial charge in [0.1, 0.15) is 0 Å². The number of carbonyl (C=O) groups is 1. The minimum atomic E-state index is -3.75. The first-order valence-corrected chi connectivity index (χ1v) is 6.66. The lowest BCUT2D eigenvalue weighted by Gasteiger charge is -2.00. The Morgan fingerprint density at radius 3 is 2.29 bits per heavy atom.